The zero-order chi connectivity index (χ0) is 22.8. The van der Waals surface area contributed by atoms with Crippen LogP contribution in [0.4, 0.5) is 17.2 Å². The van der Waals surface area contributed by atoms with Crippen molar-refractivity contribution >= 4 is 80.3 Å². The number of benzene rings is 3. The van der Waals surface area contributed by atoms with Crippen molar-refractivity contribution in [3.8, 4) is 0 Å². The van der Waals surface area contributed by atoms with Gasteiger partial charge in [-0.2, -0.15) is 0 Å². The topological polar surface area (TPSA) is 79.3 Å². The summed E-state index contributed by atoms with van der Waals surface area (Å²) < 4.78 is 0. The summed E-state index contributed by atoms with van der Waals surface area (Å²) in [5, 5.41) is 7.23. The third kappa shape index (κ3) is 4.85. The van der Waals surface area contributed by atoms with Crippen LogP contribution >= 0.6 is 35.0 Å². The van der Waals surface area contributed by atoms with Crippen molar-refractivity contribution in [2.45, 2.75) is 0 Å². The van der Waals surface area contributed by atoms with Gasteiger partial charge in [0, 0.05) is 5.69 Å². The van der Waals surface area contributed by atoms with Crippen LogP contribution in [0.5, 0.6) is 0 Å². The van der Waals surface area contributed by atoms with Crippen LogP contribution in [0.25, 0.3) is 17.1 Å². The normalized spacial score (nSPS) is 15.9. The van der Waals surface area contributed by atoms with Crippen molar-refractivity contribution in [2.75, 3.05) is 5.32 Å². The zero-order valence-electron chi connectivity index (χ0n) is 16.9. The van der Waals surface area contributed by atoms with Gasteiger partial charge in [-0.05, 0) is 59.8 Å². The molecule has 2 heterocycles. The minimum absolute atomic E-state index is 0.243. The highest BCUT2D eigenvalue weighted by molar-refractivity contribution is 8.18. The molecule has 4 aromatic rings. The number of aliphatic imine (C=N–C) groups is 1. The van der Waals surface area contributed by atoms with Crippen LogP contribution in [0.15, 0.2) is 82.8 Å². The van der Waals surface area contributed by atoms with Gasteiger partial charge in [-0.1, -0.05) is 53.5 Å². The Labute approximate surface area is 203 Å². The molecule has 162 valence electrons. The molecule has 9 heteroatoms. The second-order valence-electron chi connectivity index (χ2n) is 7.05. The van der Waals surface area contributed by atoms with Crippen molar-refractivity contribution in [3.05, 3.63) is 93.4 Å². The Morgan fingerprint density at radius 2 is 1.76 bits per heavy atom. The summed E-state index contributed by atoms with van der Waals surface area (Å²) in [7, 11) is 0. The number of nitrogens with zero attached hydrogens (tertiary/aromatic N) is 3. The highest BCUT2D eigenvalue weighted by Crippen LogP contribution is 2.35. The molecule has 1 fully saturated rings. The van der Waals surface area contributed by atoms with E-state index >= 15 is 0 Å². The molecular formula is C24H15Cl2N5OS. The summed E-state index contributed by atoms with van der Waals surface area (Å²) >= 11 is 13.6. The van der Waals surface area contributed by atoms with E-state index in [1.54, 1.807) is 30.5 Å². The summed E-state index contributed by atoms with van der Waals surface area (Å²) in [5.74, 6) is 0.394. The maximum absolute atomic E-state index is 12.5. The van der Waals surface area contributed by atoms with Gasteiger partial charge in [0.15, 0.2) is 5.17 Å². The molecule has 1 aromatic heterocycles. The molecule has 0 atom stereocenters. The molecule has 0 bridgehead atoms. The molecule has 0 radical (unpaired) electrons. The van der Waals surface area contributed by atoms with Gasteiger partial charge in [0.2, 0.25) is 0 Å². The highest BCUT2D eigenvalue weighted by Gasteiger charge is 2.24. The van der Waals surface area contributed by atoms with Crippen LogP contribution in [-0.2, 0) is 4.79 Å². The summed E-state index contributed by atoms with van der Waals surface area (Å²) in [6.45, 7) is 0. The largest absolute Gasteiger partial charge is 0.339 e. The Morgan fingerprint density at radius 1 is 0.970 bits per heavy atom. The van der Waals surface area contributed by atoms with Crippen molar-refractivity contribution < 1.29 is 4.79 Å². The Bertz CT molecular complexity index is 1420. The second kappa shape index (κ2) is 9.23. The maximum Gasteiger partial charge on any atom is 0.264 e. The van der Waals surface area contributed by atoms with Crippen molar-refractivity contribution in [1.82, 2.24) is 15.3 Å². The lowest BCUT2D eigenvalue weighted by Gasteiger charge is -2.06. The number of aromatic nitrogens is 2. The lowest BCUT2D eigenvalue weighted by Crippen LogP contribution is -2.19. The van der Waals surface area contributed by atoms with Crippen molar-refractivity contribution in [2.24, 2.45) is 4.99 Å². The Hall–Kier alpha value is -3.39. The molecular weight excluding hydrogens is 477 g/mol. The number of hydrogen-bond acceptors (Lipinski definition) is 6. The number of carbonyl (C=O) groups is 1. The van der Waals surface area contributed by atoms with Gasteiger partial charge in [0.25, 0.3) is 5.91 Å². The Morgan fingerprint density at radius 3 is 2.55 bits per heavy atom. The lowest BCUT2D eigenvalue weighted by molar-refractivity contribution is -0.115. The number of amides is 1. The number of amidine groups is 1. The van der Waals surface area contributed by atoms with Gasteiger partial charge >= 0.3 is 0 Å². The van der Waals surface area contributed by atoms with E-state index in [9.17, 15) is 4.79 Å². The smallest absolute Gasteiger partial charge is 0.264 e. The number of hydrogen-bond donors (Lipinski definition) is 2. The third-order valence-corrected chi connectivity index (χ3v) is 6.23. The van der Waals surface area contributed by atoms with E-state index in [4.69, 9.17) is 23.2 Å². The van der Waals surface area contributed by atoms with E-state index in [1.165, 1.54) is 11.8 Å². The quantitative estimate of drug-likeness (QED) is 0.315. The van der Waals surface area contributed by atoms with Crippen LogP contribution in [0.3, 0.4) is 0 Å². The molecule has 6 nitrogen and oxygen atoms in total. The minimum Gasteiger partial charge on any atom is -0.339 e. The first-order valence-electron chi connectivity index (χ1n) is 9.88. The fourth-order valence-electron chi connectivity index (χ4n) is 3.18. The number of carbonyl (C=O) groups excluding carboxylic acids is 1. The molecule has 5 rings (SSSR count). The first-order chi connectivity index (χ1) is 16.0. The van der Waals surface area contributed by atoms with Gasteiger partial charge in [-0.25, -0.2) is 9.98 Å². The second-order valence-corrected chi connectivity index (χ2v) is 8.89. The molecule has 0 spiro atoms. The standard InChI is InChI=1S/C24H15Cl2N5OS/c25-16-7-4-8-17(26)22(16)30-24-31-23(32)20(33-24)12-14-9-10-18-19(11-14)29-21(13-27-18)28-15-5-2-1-3-6-15/h1-13H,(H,28,29)(H,30,31,32). The Balaban J connectivity index is 1.41. The Kier molecular flexibility index (Phi) is 6.00. The van der Waals surface area contributed by atoms with Gasteiger partial charge in [0.1, 0.15) is 11.5 Å². The van der Waals surface area contributed by atoms with E-state index in [0.717, 1.165) is 16.8 Å². The molecule has 0 saturated carbocycles. The number of rotatable bonds is 4. The molecule has 33 heavy (non-hydrogen) atoms. The molecule has 1 aliphatic heterocycles. The highest BCUT2D eigenvalue weighted by atomic mass is 35.5. The van der Waals surface area contributed by atoms with E-state index in [0.29, 0.717) is 37.1 Å². The van der Waals surface area contributed by atoms with E-state index < -0.39 is 0 Å². The molecule has 1 aliphatic rings. The fraction of sp³-hybridized carbons (Fsp3) is 0. The van der Waals surface area contributed by atoms with Crippen molar-refractivity contribution in [1.29, 1.82) is 0 Å². The predicted molar refractivity (Wildman–Crippen MR) is 137 cm³/mol. The van der Waals surface area contributed by atoms with Gasteiger partial charge in [-0.3, -0.25) is 9.78 Å². The molecule has 3 aromatic carbocycles. The van der Waals surface area contributed by atoms with Gasteiger partial charge in [0.05, 0.1) is 32.2 Å². The molecule has 2 N–H and O–H groups in total. The van der Waals surface area contributed by atoms with Crippen LogP contribution in [0, 0.1) is 0 Å². The minimum atomic E-state index is -0.243. The van der Waals surface area contributed by atoms with Crippen LogP contribution < -0.4 is 10.6 Å². The summed E-state index contributed by atoms with van der Waals surface area (Å²) in [5.41, 5.74) is 3.64. The summed E-state index contributed by atoms with van der Waals surface area (Å²) in [6.07, 6.45) is 3.48. The molecule has 1 amide bonds. The average molecular weight is 492 g/mol. The monoisotopic (exact) mass is 491 g/mol. The number of thioether (sulfide) groups is 1. The maximum atomic E-state index is 12.5. The molecule has 1 saturated heterocycles. The average Bonchev–Trinajstić information content (AvgIpc) is 3.15. The van der Waals surface area contributed by atoms with Crippen molar-refractivity contribution in [3.63, 3.8) is 0 Å². The summed E-state index contributed by atoms with van der Waals surface area (Å²) in [4.78, 5) is 26.5. The fourth-order valence-corrected chi connectivity index (χ4v) is 4.49. The van der Waals surface area contributed by atoms with Gasteiger partial charge in [-0.15, -0.1) is 0 Å². The number of halogens is 2. The first kappa shape index (κ1) is 21.5. The van der Waals surface area contributed by atoms with E-state index in [2.05, 4.69) is 25.6 Å². The number of para-hydroxylation sites is 2. The predicted octanol–water partition coefficient (Wildman–Crippen LogP) is 6.57. The number of anilines is 2. The van der Waals surface area contributed by atoms with Crippen LogP contribution in [-0.4, -0.2) is 21.0 Å². The van der Waals surface area contributed by atoms with E-state index in [1.807, 2.05) is 48.5 Å². The lowest BCUT2D eigenvalue weighted by atomic mass is 10.2. The van der Waals surface area contributed by atoms with Crippen LogP contribution in [0.2, 0.25) is 10.0 Å². The number of nitrogens with one attached hydrogen (secondary N) is 2. The zero-order valence-corrected chi connectivity index (χ0v) is 19.2. The molecule has 0 aliphatic carbocycles. The molecule has 0 unspecified atom stereocenters. The van der Waals surface area contributed by atoms with Crippen LogP contribution in [0.1, 0.15) is 5.56 Å². The SMILES string of the molecule is O=C1NC(=Nc2c(Cl)cccc2Cl)SC1=Cc1ccc2ncc(Nc3ccccc3)nc2c1. The van der Waals surface area contributed by atoms with E-state index in [-0.39, 0.29) is 5.91 Å². The third-order valence-electron chi connectivity index (χ3n) is 4.71. The summed E-state index contributed by atoms with van der Waals surface area (Å²) in [6, 6.07) is 20.5. The first-order valence-corrected chi connectivity index (χ1v) is 11.4. The van der Waals surface area contributed by atoms with Gasteiger partial charge < -0.3 is 10.6 Å². The number of fused-ring (bicyclic) bond motifs is 1.